The molecule has 2 heterocycles. The van der Waals surface area contributed by atoms with Gasteiger partial charge in [0.2, 0.25) is 0 Å². The molecule has 0 aliphatic carbocycles. The highest BCUT2D eigenvalue weighted by Crippen LogP contribution is 2.24. The van der Waals surface area contributed by atoms with Gasteiger partial charge in [0.25, 0.3) is 5.91 Å². The number of carbonyl (C=O) groups excluding carboxylic acids is 1. The molecule has 0 radical (unpaired) electrons. The molecule has 4 aromatic rings. The van der Waals surface area contributed by atoms with Gasteiger partial charge in [0.05, 0.1) is 18.3 Å². The Morgan fingerprint density at radius 2 is 1.73 bits per heavy atom. The first kappa shape index (κ1) is 22.3. The van der Waals surface area contributed by atoms with Gasteiger partial charge in [-0.25, -0.2) is 18.7 Å². The zero-order valence-electron chi connectivity index (χ0n) is 18.3. The van der Waals surface area contributed by atoms with Crippen LogP contribution in [-0.2, 0) is 6.54 Å². The molecule has 168 valence electrons. The normalized spacial score (nSPS) is 11.9. The Bertz CT molecular complexity index is 1240. The predicted molar refractivity (Wildman–Crippen MR) is 121 cm³/mol. The Morgan fingerprint density at radius 1 is 1.03 bits per heavy atom. The lowest BCUT2D eigenvalue weighted by molar-refractivity contribution is 0.0685. The molecule has 0 saturated heterocycles. The molecule has 0 aliphatic rings. The van der Waals surface area contributed by atoms with Crippen molar-refractivity contribution < 1.29 is 13.6 Å². The Kier molecular flexibility index (Phi) is 6.53. The van der Waals surface area contributed by atoms with Crippen LogP contribution in [0.15, 0.2) is 73.3 Å². The summed E-state index contributed by atoms with van der Waals surface area (Å²) in [5.41, 5.74) is 2.39. The molecule has 33 heavy (non-hydrogen) atoms. The van der Waals surface area contributed by atoms with Gasteiger partial charge >= 0.3 is 0 Å². The average Bonchev–Trinajstić information content (AvgIpc) is 3.28. The summed E-state index contributed by atoms with van der Waals surface area (Å²) in [4.78, 5) is 23.5. The second kappa shape index (κ2) is 9.68. The SMILES string of the molecule is CCN(C(=O)c1cc(F)ccc1-c1ncccn1)[C@@H](C)Cn1cc(-c2ccc(F)cc2)cn1. The highest BCUT2D eigenvalue weighted by atomic mass is 19.1. The third-order valence-corrected chi connectivity index (χ3v) is 5.41. The van der Waals surface area contributed by atoms with Crippen LogP contribution in [0.2, 0.25) is 0 Å². The monoisotopic (exact) mass is 447 g/mol. The quantitative estimate of drug-likeness (QED) is 0.407. The van der Waals surface area contributed by atoms with Gasteiger partial charge in [0.1, 0.15) is 11.6 Å². The van der Waals surface area contributed by atoms with Gasteiger partial charge in [-0.05, 0) is 55.8 Å². The molecule has 0 bridgehead atoms. The van der Waals surface area contributed by atoms with Crippen molar-refractivity contribution in [2.75, 3.05) is 6.54 Å². The maximum Gasteiger partial charge on any atom is 0.255 e. The van der Waals surface area contributed by atoms with Crippen molar-refractivity contribution in [2.45, 2.75) is 26.4 Å². The zero-order chi connectivity index (χ0) is 23.4. The molecule has 4 rings (SSSR count). The van der Waals surface area contributed by atoms with Gasteiger partial charge in [-0.15, -0.1) is 0 Å². The van der Waals surface area contributed by atoms with E-state index in [1.54, 1.807) is 46.4 Å². The molecule has 0 N–H and O–H groups in total. The van der Waals surface area contributed by atoms with Crippen molar-refractivity contribution in [3.05, 3.63) is 90.5 Å². The van der Waals surface area contributed by atoms with E-state index < -0.39 is 5.82 Å². The van der Waals surface area contributed by atoms with Gasteiger partial charge in [-0.1, -0.05) is 12.1 Å². The van der Waals surface area contributed by atoms with Gasteiger partial charge in [-0.2, -0.15) is 5.10 Å². The Morgan fingerprint density at radius 3 is 2.42 bits per heavy atom. The fraction of sp³-hybridized carbons (Fsp3) is 0.200. The van der Waals surface area contributed by atoms with Crippen molar-refractivity contribution in [2.24, 2.45) is 0 Å². The first-order valence-electron chi connectivity index (χ1n) is 10.6. The Labute approximate surface area is 190 Å². The molecule has 0 saturated carbocycles. The van der Waals surface area contributed by atoms with E-state index in [0.717, 1.165) is 11.1 Å². The molecular formula is C25H23F2N5O. The van der Waals surface area contributed by atoms with Crippen LogP contribution in [0.4, 0.5) is 8.78 Å². The van der Waals surface area contributed by atoms with Crippen LogP contribution >= 0.6 is 0 Å². The van der Waals surface area contributed by atoms with E-state index in [-0.39, 0.29) is 23.3 Å². The standard InChI is InChI=1S/C25H23F2N5O/c1-3-32(17(2)15-31-16-19(14-30-31)18-5-7-20(26)8-6-18)25(33)23-13-21(27)9-10-22(23)24-28-11-4-12-29-24/h4-14,16-17H,3,15H2,1-2H3/t17-/m0/s1. The Hall–Kier alpha value is -3.94. The third kappa shape index (κ3) is 4.95. The molecular weight excluding hydrogens is 424 g/mol. The van der Waals surface area contributed by atoms with Crippen molar-refractivity contribution >= 4 is 5.91 Å². The zero-order valence-corrected chi connectivity index (χ0v) is 18.3. The topological polar surface area (TPSA) is 63.9 Å². The first-order valence-corrected chi connectivity index (χ1v) is 10.6. The van der Waals surface area contributed by atoms with Crippen molar-refractivity contribution in [3.63, 3.8) is 0 Å². The number of rotatable bonds is 7. The minimum atomic E-state index is -0.502. The average molecular weight is 447 g/mol. The maximum atomic E-state index is 14.1. The number of likely N-dealkylation sites (N-methyl/N-ethyl adjacent to an activating group) is 1. The number of benzene rings is 2. The number of nitrogens with zero attached hydrogens (tertiary/aromatic N) is 5. The van der Waals surface area contributed by atoms with E-state index in [4.69, 9.17) is 0 Å². The predicted octanol–water partition coefficient (Wildman–Crippen LogP) is 4.84. The molecule has 1 amide bonds. The minimum absolute atomic E-state index is 0.211. The molecule has 6 nitrogen and oxygen atoms in total. The minimum Gasteiger partial charge on any atom is -0.334 e. The van der Waals surface area contributed by atoms with Crippen LogP contribution in [0.3, 0.4) is 0 Å². The van der Waals surface area contributed by atoms with Crippen molar-refractivity contribution in [1.29, 1.82) is 0 Å². The maximum absolute atomic E-state index is 14.1. The molecule has 0 fully saturated rings. The van der Waals surface area contributed by atoms with E-state index in [1.807, 2.05) is 20.0 Å². The fourth-order valence-electron chi connectivity index (χ4n) is 3.76. The number of halogens is 2. The Balaban J connectivity index is 1.56. The summed E-state index contributed by atoms with van der Waals surface area (Å²) in [6, 6.07) is 11.7. The van der Waals surface area contributed by atoms with E-state index in [1.165, 1.54) is 30.3 Å². The summed E-state index contributed by atoms with van der Waals surface area (Å²) in [5, 5.41) is 4.39. The number of amides is 1. The van der Waals surface area contributed by atoms with Crippen LogP contribution in [0.1, 0.15) is 24.2 Å². The highest BCUT2D eigenvalue weighted by Gasteiger charge is 2.24. The summed E-state index contributed by atoms with van der Waals surface area (Å²) >= 11 is 0. The van der Waals surface area contributed by atoms with Crippen molar-refractivity contribution in [1.82, 2.24) is 24.6 Å². The highest BCUT2D eigenvalue weighted by molar-refractivity contribution is 6.00. The third-order valence-electron chi connectivity index (χ3n) is 5.41. The lowest BCUT2D eigenvalue weighted by Crippen LogP contribution is -2.41. The lowest BCUT2D eigenvalue weighted by atomic mass is 10.0. The molecule has 0 spiro atoms. The van der Waals surface area contributed by atoms with E-state index >= 15 is 0 Å². The number of hydrogen-bond acceptors (Lipinski definition) is 4. The second-order valence-electron chi connectivity index (χ2n) is 7.66. The number of carbonyl (C=O) groups is 1. The largest absolute Gasteiger partial charge is 0.334 e. The van der Waals surface area contributed by atoms with Gasteiger partial charge in [0, 0.05) is 42.3 Å². The lowest BCUT2D eigenvalue weighted by Gasteiger charge is -2.29. The van der Waals surface area contributed by atoms with Crippen molar-refractivity contribution in [3.8, 4) is 22.5 Å². The fourth-order valence-corrected chi connectivity index (χ4v) is 3.76. The second-order valence-corrected chi connectivity index (χ2v) is 7.66. The van der Waals surface area contributed by atoms with E-state index in [2.05, 4.69) is 15.1 Å². The summed E-state index contributed by atoms with van der Waals surface area (Å²) in [5.74, 6) is -0.745. The van der Waals surface area contributed by atoms with Gasteiger partial charge in [0.15, 0.2) is 5.82 Å². The molecule has 8 heteroatoms. The summed E-state index contributed by atoms with van der Waals surface area (Å²) < 4.78 is 29.0. The molecule has 1 atom stereocenters. The van der Waals surface area contributed by atoms with Crippen LogP contribution in [0.25, 0.3) is 22.5 Å². The molecule has 0 aliphatic heterocycles. The molecule has 0 unspecified atom stereocenters. The van der Waals surface area contributed by atoms with E-state index in [9.17, 15) is 13.6 Å². The van der Waals surface area contributed by atoms with Gasteiger partial charge < -0.3 is 4.90 Å². The number of aromatic nitrogens is 4. The van der Waals surface area contributed by atoms with Crippen LogP contribution in [-0.4, -0.2) is 43.1 Å². The molecule has 2 aromatic heterocycles. The van der Waals surface area contributed by atoms with E-state index in [0.29, 0.717) is 24.5 Å². The van der Waals surface area contributed by atoms with Gasteiger partial charge in [-0.3, -0.25) is 9.48 Å². The smallest absolute Gasteiger partial charge is 0.255 e. The summed E-state index contributed by atoms with van der Waals surface area (Å²) in [7, 11) is 0. The van der Waals surface area contributed by atoms with Crippen LogP contribution < -0.4 is 0 Å². The summed E-state index contributed by atoms with van der Waals surface area (Å²) in [6.07, 6.45) is 6.72. The first-order chi connectivity index (χ1) is 16.0. The number of hydrogen-bond donors (Lipinski definition) is 0. The van der Waals surface area contributed by atoms with Crippen LogP contribution in [0.5, 0.6) is 0 Å². The molecule has 2 aromatic carbocycles. The summed E-state index contributed by atoms with van der Waals surface area (Å²) in [6.45, 7) is 4.66. The van der Waals surface area contributed by atoms with Crippen LogP contribution in [0, 0.1) is 11.6 Å².